The van der Waals surface area contributed by atoms with E-state index in [1.165, 1.54) is 12.2 Å². The van der Waals surface area contributed by atoms with Gasteiger partial charge < -0.3 is 25.2 Å². The number of carbonyl (C=O) groups excluding carboxylic acids is 2. The van der Waals surface area contributed by atoms with E-state index in [2.05, 4.69) is 9.84 Å². The molecule has 12 heteroatoms. The summed E-state index contributed by atoms with van der Waals surface area (Å²) < 4.78 is 26.4. The van der Waals surface area contributed by atoms with Crippen LogP contribution in [0.2, 0.25) is 0 Å². The van der Waals surface area contributed by atoms with Gasteiger partial charge in [0.25, 0.3) is 0 Å². The lowest BCUT2D eigenvalue weighted by atomic mass is 9.66. The zero-order valence-electron chi connectivity index (χ0n) is 22.1. The maximum atomic E-state index is 13.1. The molecule has 1 amide bonds. The van der Waals surface area contributed by atoms with E-state index in [0.29, 0.717) is 30.7 Å². The van der Waals surface area contributed by atoms with Crippen LogP contribution in [0.4, 0.5) is 0 Å². The molecule has 4 rings (SSSR count). The number of fused-ring (bicyclic) bond motifs is 2. The van der Waals surface area contributed by atoms with E-state index >= 15 is 0 Å². The second-order valence-electron chi connectivity index (χ2n) is 10.0. The molecule has 3 aliphatic carbocycles. The summed E-state index contributed by atoms with van der Waals surface area (Å²) in [5.74, 6) is -2.84. The van der Waals surface area contributed by atoms with Gasteiger partial charge in [0.05, 0.1) is 18.1 Å². The number of hydrogen-bond donors (Lipinski definition) is 4. The number of allylic oxidation sites excluding steroid dienone is 5. The highest BCUT2D eigenvalue weighted by molar-refractivity contribution is 7.47. The van der Waals surface area contributed by atoms with E-state index in [4.69, 9.17) is 9.26 Å². The Balaban J connectivity index is 1.42. The first-order valence-corrected chi connectivity index (χ1v) is 14.7. The summed E-state index contributed by atoms with van der Waals surface area (Å²) in [7, 11) is -2.86. The SMILES string of the molecule is CO[P@](=O)(O)OCCCCCCNC(=O)C1C=C(C2C3C=CC(=O)C=C3OC3C=C(O)C=CC32)C(C(=O)O)=CC1. The number of hydrogen-bond acceptors (Lipinski definition) is 8. The molecule has 0 saturated carbocycles. The highest BCUT2D eigenvalue weighted by Gasteiger charge is 2.46. The molecular formula is C28H34NO10P. The van der Waals surface area contributed by atoms with Crippen molar-refractivity contribution >= 4 is 25.5 Å². The summed E-state index contributed by atoms with van der Waals surface area (Å²) >= 11 is 0. The zero-order chi connectivity index (χ0) is 28.9. The van der Waals surface area contributed by atoms with Crippen LogP contribution in [0.25, 0.3) is 0 Å². The van der Waals surface area contributed by atoms with Crippen molar-refractivity contribution in [3.63, 3.8) is 0 Å². The van der Waals surface area contributed by atoms with Crippen LogP contribution in [0, 0.1) is 23.7 Å². The number of aliphatic hydroxyl groups is 1. The lowest BCUT2D eigenvalue weighted by molar-refractivity contribution is -0.132. The van der Waals surface area contributed by atoms with Gasteiger partial charge in [-0.05, 0) is 43.1 Å². The van der Waals surface area contributed by atoms with Gasteiger partial charge in [0, 0.05) is 37.5 Å². The van der Waals surface area contributed by atoms with Gasteiger partial charge in [-0.15, -0.1) is 0 Å². The van der Waals surface area contributed by atoms with Crippen LogP contribution < -0.4 is 5.32 Å². The van der Waals surface area contributed by atoms with E-state index in [9.17, 15) is 34.1 Å². The minimum absolute atomic E-state index is 0.0245. The molecular weight excluding hydrogens is 541 g/mol. The molecule has 1 saturated heterocycles. The first-order valence-electron chi connectivity index (χ1n) is 13.3. The van der Waals surface area contributed by atoms with Crippen molar-refractivity contribution in [1.82, 2.24) is 5.32 Å². The maximum absolute atomic E-state index is 13.1. The number of amides is 1. The average molecular weight is 576 g/mol. The van der Waals surface area contributed by atoms with Gasteiger partial charge >= 0.3 is 13.8 Å². The van der Waals surface area contributed by atoms with E-state index in [0.717, 1.165) is 20.0 Å². The topological polar surface area (TPSA) is 169 Å². The second-order valence-corrected chi connectivity index (χ2v) is 11.6. The molecule has 0 bridgehead atoms. The molecule has 0 radical (unpaired) electrons. The van der Waals surface area contributed by atoms with Gasteiger partial charge in [-0.3, -0.25) is 18.6 Å². The van der Waals surface area contributed by atoms with Crippen molar-refractivity contribution in [3.8, 4) is 0 Å². The Hall–Kier alpha value is -3.24. The number of unbranched alkanes of at least 4 members (excludes halogenated alkanes) is 3. The van der Waals surface area contributed by atoms with Crippen LogP contribution in [0.15, 0.2) is 71.3 Å². The molecule has 1 aliphatic heterocycles. The number of aliphatic carboxylic acids is 1. The minimum atomic E-state index is -3.96. The normalized spacial score (nSPS) is 28.6. The molecule has 1 heterocycles. The van der Waals surface area contributed by atoms with Crippen LogP contribution in [-0.4, -0.2) is 59.1 Å². The van der Waals surface area contributed by atoms with E-state index in [-0.39, 0.29) is 42.0 Å². The summed E-state index contributed by atoms with van der Waals surface area (Å²) in [6.07, 6.45) is 15.2. The molecule has 1 fully saturated rings. The van der Waals surface area contributed by atoms with E-state index in [1.807, 2.05) is 0 Å². The lowest BCUT2D eigenvalue weighted by Crippen LogP contribution is -2.43. The number of phosphoric ester groups is 1. The van der Waals surface area contributed by atoms with Crippen LogP contribution in [0.3, 0.4) is 0 Å². The Morgan fingerprint density at radius 2 is 1.93 bits per heavy atom. The molecule has 40 heavy (non-hydrogen) atoms. The lowest BCUT2D eigenvalue weighted by Gasteiger charge is -2.45. The Morgan fingerprint density at radius 3 is 2.67 bits per heavy atom. The molecule has 216 valence electrons. The molecule has 0 spiro atoms. The Bertz CT molecular complexity index is 1260. The Labute approximate surface area is 232 Å². The monoisotopic (exact) mass is 575 g/mol. The molecule has 0 aromatic carbocycles. The van der Waals surface area contributed by atoms with Crippen molar-refractivity contribution in [2.24, 2.45) is 23.7 Å². The number of phosphoric acid groups is 1. The first kappa shape index (κ1) is 29.7. The number of rotatable bonds is 12. The molecule has 0 aromatic heterocycles. The molecule has 11 nitrogen and oxygen atoms in total. The Morgan fingerprint density at radius 1 is 1.15 bits per heavy atom. The fourth-order valence-electron chi connectivity index (χ4n) is 5.45. The number of ether oxygens (including phenoxy) is 1. The van der Waals surface area contributed by atoms with Gasteiger partial charge in [0.15, 0.2) is 5.78 Å². The third-order valence-electron chi connectivity index (χ3n) is 7.41. The predicted molar refractivity (Wildman–Crippen MR) is 144 cm³/mol. The standard InChI is InChI=1S/C28H34NO10P/c1-37-40(35,36)38-13-5-3-2-4-12-29-27(32)17-6-9-20(28(33)34)23(14-17)26-21-10-7-18(30)15-24(21)39-25-16-19(31)8-11-22(25)26/h7-11,14-17,21-22,24,26,30H,2-6,12-13H2,1H3,(H,29,32)(H,33,34)(H,35,36). The largest absolute Gasteiger partial charge is 0.508 e. The van der Waals surface area contributed by atoms with Crippen LogP contribution in [0.5, 0.6) is 0 Å². The van der Waals surface area contributed by atoms with Gasteiger partial charge in [0.1, 0.15) is 17.6 Å². The van der Waals surface area contributed by atoms with Gasteiger partial charge in [-0.25, -0.2) is 9.36 Å². The number of carboxylic acid groups (broad SMARTS) is 1. The highest BCUT2D eigenvalue weighted by Crippen LogP contribution is 2.49. The van der Waals surface area contributed by atoms with E-state index in [1.54, 1.807) is 36.5 Å². The summed E-state index contributed by atoms with van der Waals surface area (Å²) in [6.45, 7) is 0.530. The van der Waals surface area contributed by atoms with Crippen molar-refractivity contribution in [2.45, 2.75) is 38.2 Å². The van der Waals surface area contributed by atoms with Crippen LogP contribution in [0.1, 0.15) is 32.1 Å². The molecule has 4 aliphatic rings. The van der Waals surface area contributed by atoms with Gasteiger partial charge in [-0.2, -0.15) is 0 Å². The third-order valence-corrected chi connectivity index (χ3v) is 8.38. The average Bonchev–Trinajstić information content (AvgIpc) is 2.92. The number of carbonyl (C=O) groups is 3. The minimum Gasteiger partial charge on any atom is -0.508 e. The van der Waals surface area contributed by atoms with Gasteiger partial charge in [-0.1, -0.05) is 37.1 Å². The number of aliphatic hydroxyl groups excluding tert-OH is 1. The number of carboxylic acids is 1. The van der Waals surface area contributed by atoms with Crippen molar-refractivity contribution < 1.29 is 47.8 Å². The smallest absolute Gasteiger partial charge is 0.471 e. The van der Waals surface area contributed by atoms with Gasteiger partial charge in [0.2, 0.25) is 5.91 Å². The van der Waals surface area contributed by atoms with Crippen molar-refractivity contribution in [1.29, 1.82) is 0 Å². The number of ketones is 1. The highest BCUT2D eigenvalue weighted by atomic mass is 31.2. The predicted octanol–water partition coefficient (Wildman–Crippen LogP) is 3.67. The fourth-order valence-corrected chi connectivity index (χ4v) is 5.92. The summed E-state index contributed by atoms with van der Waals surface area (Å²) in [5.41, 5.74) is 0.624. The Kier molecular flexibility index (Phi) is 9.63. The summed E-state index contributed by atoms with van der Waals surface area (Å²) in [6, 6.07) is 0. The maximum Gasteiger partial charge on any atom is 0.471 e. The first-order chi connectivity index (χ1) is 19.1. The number of nitrogens with one attached hydrogen (secondary N) is 1. The quantitative estimate of drug-likeness (QED) is 0.199. The third kappa shape index (κ3) is 7.09. The van der Waals surface area contributed by atoms with Crippen molar-refractivity contribution in [3.05, 3.63) is 71.3 Å². The summed E-state index contributed by atoms with van der Waals surface area (Å²) in [4.78, 5) is 46.6. The van der Waals surface area contributed by atoms with Crippen LogP contribution in [-0.2, 0) is 32.7 Å². The molecule has 4 N–H and O–H groups in total. The van der Waals surface area contributed by atoms with Crippen LogP contribution >= 0.6 is 7.82 Å². The molecule has 6 atom stereocenters. The molecule has 0 aromatic rings. The van der Waals surface area contributed by atoms with E-state index < -0.39 is 37.6 Å². The molecule has 5 unspecified atom stereocenters. The fraction of sp³-hybridized carbons (Fsp3) is 0.464. The zero-order valence-corrected chi connectivity index (χ0v) is 23.0. The van der Waals surface area contributed by atoms with Crippen molar-refractivity contribution in [2.75, 3.05) is 20.3 Å². The summed E-state index contributed by atoms with van der Waals surface area (Å²) in [5, 5.41) is 23.0. The second kappa shape index (κ2) is 13.0.